The first-order valence-corrected chi connectivity index (χ1v) is 10.9. The third-order valence-electron chi connectivity index (χ3n) is 4.90. The molecule has 0 bridgehead atoms. The summed E-state index contributed by atoms with van der Waals surface area (Å²) in [7, 11) is 0. The maximum absolute atomic E-state index is 13.8. The van der Waals surface area contributed by atoms with E-state index in [0.29, 0.717) is 16.4 Å². The fraction of sp³-hybridized carbons (Fsp3) is 0.174. The fourth-order valence-electron chi connectivity index (χ4n) is 3.38. The maximum atomic E-state index is 13.8. The van der Waals surface area contributed by atoms with Crippen molar-refractivity contribution in [3.8, 4) is 5.69 Å². The van der Waals surface area contributed by atoms with Gasteiger partial charge in [0.05, 0.1) is 33.1 Å². The van der Waals surface area contributed by atoms with Gasteiger partial charge in [-0.25, -0.2) is 4.68 Å². The van der Waals surface area contributed by atoms with Gasteiger partial charge < -0.3 is 15.1 Å². The lowest BCUT2D eigenvalue weighted by atomic mass is 10.1. The number of alkyl halides is 3. The van der Waals surface area contributed by atoms with E-state index in [9.17, 15) is 22.8 Å². The Morgan fingerprint density at radius 1 is 1.09 bits per heavy atom. The highest BCUT2D eigenvalue weighted by Gasteiger charge is 2.34. The van der Waals surface area contributed by atoms with Crippen LogP contribution < -0.4 is 10.6 Å². The van der Waals surface area contributed by atoms with Gasteiger partial charge in [-0.05, 0) is 61.9 Å². The van der Waals surface area contributed by atoms with Gasteiger partial charge in [-0.15, -0.1) is 11.3 Å². The molecule has 0 atom stereocenters. The van der Waals surface area contributed by atoms with E-state index in [0.717, 1.165) is 17.4 Å². The van der Waals surface area contributed by atoms with Gasteiger partial charge in [-0.3, -0.25) is 9.59 Å². The van der Waals surface area contributed by atoms with Crippen molar-refractivity contribution in [1.82, 2.24) is 15.1 Å². The molecule has 176 valence electrons. The largest absolute Gasteiger partial charge is 0.459 e. The Morgan fingerprint density at radius 2 is 1.88 bits per heavy atom. The van der Waals surface area contributed by atoms with E-state index in [1.165, 1.54) is 41.3 Å². The number of furan rings is 1. The number of carbonyl (C=O) groups is 2. The molecule has 0 radical (unpaired) electrons. The standard InChI is InChI=1S/C23H19F3N4O3S/c1-13-10-14(2)30(29-13)16-6-5-15(17(11-16)23(24,25)26)12-27-22(32)19-7-8-20(34-19)28-21(31)18-4-3-9-33-18/h3-11H,12H2,1-2H3,(H,27,32)(H,28,31). The molecule has 0 aliphatic carbocycles. The molecule has 0 aliphatic heterocycles. The molecule has 1 aromatic carbocycles. The molecule has 3 heterocycles. The van der Waals surface area contributed by atoms with E-state index in [4.69, 9.17) is 4.42 Å². The number of anilines is 1. The van der Waals surface area contributed by atoms with Gasteiger partial charge in [0.15, 0.2) is 5.76 Å². The number of amides is 2. The minimum Gasteiger partial charge on any atom is -0.459 e. The van der Waals surface area contributed by atoms with Crippen LogP contribution in [0.15, 0.2) is 59.2 Å². The number of thiophene rings is 1. The van der Waals surface area contributed by atoms with Gasteiger partial charge in [-0.1, -0.05) is 6.07 Å². The Balaban J connectivity index is 1.47. The molecule has 0 spiro atoms. The van der Waals surface area contributed by atoms with Crippen molar-refractivity contribution in [3.63, 3.8) is 0 Å². The van der Waals surface area contributed by atoms with Crippen molar-refractivity contribution in [3.05, 3.63) is 87.9 Å². The van der Waals surface area contributed by atoms with Crippen LogP contribution in [0.4, 0.5) is 18.2 Å². The van der Waals surface area contributed by atoms with Crippen molar-refractivity contribution in [1.29, 1.82) is 0 Å². The summed E-state index contributed by atoms with van der Waals surface area (Å²) in [5, 5.41) is 9.74. The highest BCUT2D eigenvalue weighted by molar-refractivity contribution is 7.18. The van der Waals surface area contributed by atoms with Crippen molar-refractivity contribution in [2.45, 2.75) is 26.6 Å². The Morgan fingerprint density at radius 3 is 2.53 bits per heavy atom. The summed E-state index contributed by atoms with van der Waals surface area (Å²) in [4.78, 5) is 24.8. The maximum Gasteiger partial charge on any atom is 0.416 e. The van der Waals surface area contributed by atoms with Crippen LogP contribution in [0.25, 0.3) is 5.69 Å². The van der Waals surface area contributed by atoms with Gasteiger partial charge in [0, 0.05) is 12.2 Å². The van der Waals surface area contributed by atoms with Gasteiger partial charge in [0.25, 0.3) is 11.8 Å². The number of hydrogen-bond acceptors (Lipinski definition) is 5. The van der Waals surface area contributed by atoms with Crippen LogP contribution in [-0.2, 0) is 12.7 Å². The minimum absolute atomic E-state index is 0.0750. The van der Waals surface area contributed by atoms with E-state index < -0.39 is 23.6 Å². The average Bonchev–Trinajstić information content (AvgIpc) is 3.53. The molecule has 11 heteroatoms. The normalized spacial score (nSPS) is 11.4. The minimum atomic E-state index is -4.61. The molecular formula is C23H19F3N4O3S. The Hall–Kier alpha value is -3.86. The number of benzene rings is 1. The number of nitrogens with one attached hydrogen (secondary N) is 2. The highest BCUT2D eigenvalue weighted by atomic mass is 32.1. The van der Waals surface area contributed by atoms with E-state index in [1.807, 2.05) is 0 Å². The SMILES string of the molecule is Cc1cc(C)n(-c2ccc(CNC(=O)c3ccc(NC(=O)c4ccco4)s3)c(C(F)(F)F)c2)n1. The van der Waals surface area contributed by atoms with Crippen LogP contribution in [0, 0.1) is 13.8 Å². The second-order valence-corrected chi connectivity index (χ2v) is 8.54. The van der Waals surface area contributed by atoms with Gasteiger partial charge in [0.2, 0.25) is 0 Å². The monoisotopic (exact) mass is 488 g/mol. The first-order chi connectivity index (χ1) is 16.1. The third-order valence-corrected chi connectivity index (χ3v) is 5.90. The first-order valence-electron chi connectivity index (χ1n) is 10.1. The van der Waals surface area contributed by atoms with Crippen molar-refractivity contribution >= 4 is 28.2 Å². The zero-order chi connectivity index (χ0) is 24.5. The summed E-state index contributed by atoms with van der Waals surface area (Å²) in [6.45, 7) is 3.20. The molecule has 0 saturated carbocycles. The predicted molar refractivity (Wildman–Crippen MR) is 120 cm³/mol. The number of carbonyl (C=O) groups excluding carboxylic acids is 2. The third kappa shape index (κ3) is 5.04. The summed E-state index contributed by atoms with van der Waals surface area (Å²) in [6, 6.07) is 11.7. The molecule has 2 N–H and O–H groups in total. The average molecular weight is 488 g/mol. The number of hydrogen-bond donors (Lipinski definition) is 2. The fourth-order valence-corrected chi connectivity index (χ4v) is 4.19. The summed E-state index contributed by atoms with van der Waals surface area (Å²) in [6.07, 6.45) is -3.25. The van der Waals surface area contributed by atoms with Gasteiger partial charge >= 0.3 is 6.18 Å². The van der Waals surface area contributed by atoms with E-state index >= 15 is 0 Å². The topological polar surface area (TPSA) is 89.2 Å². The number of nitrogens with zero attached hydrogens (tertiary/aromatic N) is 2. The van der Waals surface area contributed by atoms with E-state index in [1.54, 1.807) is 26.0 Å². The molecule has 7 nitrogen and oxygen atoms in total. The summed E-state index contributed by atoms with van der Waals surface area (Å²) in [5.41, 5.74) is 0.755. The number of halogens is 3. The molecule has 34 heavy (non-hydrogen) atoms. The first kappa shape index (κ1) is 23.3. The van der Waals surface area contributed by atoms with Crippen LogP contribution in [0.3, 0.4) is 0 Å². The second-order valence-electron chi connectivity index (χ2n) is 7.46. The number of rotatable bonds is 6. The van der Waals surface area contributed by atoms with Crippen LogP contribution in [0.1, 0.15) is 42.7 Å². The summed E-state index contributed by atoms with van der Waals surface area (Å²) >= 11 is 0.996. The van der Waals surface area contributed by atoms with Crippen molar-refractivity contribution < 1.29 is 27.2 Å². The smallest absolute Gasteiger partial charge is 0.416 e. The summed E-state index contributed by atoms with van der Waals surface area (Å²) in [5.74, 6) is -0.918. The lowest BCUT2D eigenvalue weighted by Gasteiger charge is -2.15. The molecule has 0 aliphatic rings. The van der Waals surface area contributed by atoms with E-state index in [-0.39, 0.29) is 28.4 Å². The van der Waals surface area contributed by atoms with Crippen LogP contribution in [0.2, 0.25) is 0 Å². The molecular weight excluding hydrogens is 469 g/mol. The molecule has 0 fully saturated rings. The Bertz CT molecular complexity index is 1340. The quantitative estimate of drug-likeness (QED) is 0.383. The van der Waals surface area contributed by atoms with Crippen molar-refractivity contribution in [2.24, 2.45) is 0 Å². The molecule has 4 rings (SSSR count). The van der Waals surface area contributed by atoms with Crippen LogP contribution in [0.5, 0.6) is 0 Å². The lowest BCUT2D eigenvalue weighted by molar-refractivity contribution is -0.138. The Kier molecular flexibility index (Phi) is 6.29. The Labute approximate surface area is 196 Å². The van der Waals surface area contributed by atoms with Gasteiger partial charge in [0.1, 0.15) is 0 Å². The van der Waals surface area contributed by atoms with Crippen molar-refractivity contribution in [2.75, 3.05) is 5.32 Å². The van der Waals surface area contributed by atoms with Crippen LogP contribution in [-0.4, -0.2) is 21.6 Å². The molecule has 0 unspecified atom stereocenters. The van der Waals surface area contributed by atoms with E-state index in [2.05, 4.69) is 15.7 Å². The molecule has 0 saturated heterocycles. The van der Waals surface area contributed by atoms with Gasteiger partial charge in [-0.2, -0.15) is 18.3 Å². The molecule has 3 aromatic heterocycles. The molecule has 4 aromatic rings. The molecule has 2 amide bonds. The number of aryl methyl sites for hydroxylation is 2. The second kappa shape index (κ2) is 9.18. The zero-order valence-corrected chi connectivity index (χ0v) is 18.9. The lowest BCUT2D eigenvalue weighted by Crippen LogP contribution is -2.24. The summed E-state index contributed by atoms with van der Waals surface area (Å²) < 4.78 is 47.7. The zero-order valence-electron chi connectivity index (χ0n) is 18.1. The highest BCUT2D eigenvalue weighted by Crippen LogP contribution is 2.34. The van der Waals surface area contributed by atoms with Crippen LogP contribution >= 0.6 is 11.3 Å². The predicted octanol–water partition coefficient (Wildman–Crippen LogP) is 5.34. The number of aromatic nitrogens is 2.